The average Bonchev–Trinajstić information content (AvgIpc) is 3.51. The summed E-state index contributed by atoms with van der Waals surface area (Å²) in [5, 5.41) is 2.61. The number of benzene rings is 2. The van der Waals surface area contributed by atoms with Gasteiger partial charge in [-0.15, -0.1) is 0 Å². The van der Waals surface area contributed by atoms with Crippen molar-refractivity contribution in [1.29, 1.82) is 0 Å². The number of hydrogen-bond acceptors (Lipinski definition) is 9. The summed E-state index contributed by atoms with van der Waals surface area (Å²) < 4.78 is 12.0. The summed E-state index contributed by atoms with van der Waals surface area (Å²) in [4.78, 5) is 27.0. The average molecular weight is 624 g/mol. The number of aromatic nitrogens is 2. The molecular formula is C37H49N7O2. The third-order valence-electron chi connectivity index (χ3n) is 10.7. The molecule has 3 fully saturated rings. The minimum atomic E-state index is 0.190. The smallest absolute Gasteiger partial charge is 0.318 e. The highest BCUT2D eigenvalue weighted by Gasteiger charge is 2.30. The van der Waals surface area contributed by atoms with Gasteiger partial charge in [0, 0.05) is 49.4 Å². The SMILES string of the molecule is CO[C@@H]1CCCC[C@H]1N=C=NC1CCN(c2nc(OC[C@@H]3CCCN3C)nc3c2CCN(c2cccc4cccc(C)c24)C3)CC1. The summed E-state index contributed by atoms with van der Waals surface area (Å²) in [5.74, 6) is 1.05. The van der Waals surface area contributed by atoms with Gasteiger partial charge in [0.25, 0.3) is 0 Å². The van der Waals surface area contributed by atoms with Crippen molar-refractivity contribution in [3.63, 3.8) is 0 Å². The maximum absolute atomic E-state index is 6.38. The van der Waals surface area contributed by atoms with Crippen LogP contribution in [0, 0.1) is 6.92 Å². The highest BCUT2D eigenvalue weighted by molar-refractivity contribution is 5.97. The minimum absolute atomic E-state index is 0.190. The Balaban J connectivity index is 1.11. The molecule has 0 radical (unpaired) electrons. The third kappa shape index (κ3) is 6.64. The second kappa shape index (κ2) is 14.1. The van der Waals surface area contributed by atoms with Crippen molar-refractivity contribution in [3.8, 4) is 6.01 Å². The Morgan fingerprint density at radius 2 is 1.72 bits per heavy atom. The largest absolute Gasteiger partial charge is 0.462 e. The molecule has 1 aliphatic carbocycles. The van der Waals surface area contributed by atoms with Crippen LogP contribution in [0.5, 0.6) is 6.01 Å². The van der Waals surface area contributed by atoms with Gasteiger partial charge in [0.2, 0.25) is 0 Å². The number of aliphatic imine (C=N–C) groups is 2. The number of likely N-dealkylation sites (tertiary alicyclic amines) is 1. The van der Waals surface area contributed by atoms with E-state index < -0.39 is 0 Å². The number of aryl methyl sites for hydroxylation is 1. The molecular weight excluding hydrogens is 574 g/mol. The molecule has 3 aromatic rings. The Hall–Kier alpha value is -3.52. The van der Waals surface area contributed by atoms with Crippen LogP contribution in [0.4, 0.5) is 11.5 Å². The highest BCUT2D eigenvalue weighted by Crippen LogP contribution is 2.36. The summed E-state index contributed by atoms with van der Waals surface area (Å²) in [7, 11) is 3.98. The van der Waals surface area contributed by atoms with Gasteiger partial charge >= 0.3 is 6.01 Å². The molecule has 244 valence electrons. The summed E-state index contributed by atoms with van der Waals surface area (Å²) in [5.41, 5.74) is 4.94. The summed E-state index contributed by atoms with van der Waals surface area (Å²) >= 11 is 0. The highest BCUT2D eigenvalue weighted by atomic mass is 16.5. The Kier molecular flexibility index (Phi) is 9.52. The van der Waals surface area contributed by atoms with Crippen LogP contribution in [0.2, 0.25) is 0 Å². The first-order chi connectivity index (χ1) is 22.6. The van der Waals surface area contributed by atoms with Crippen LogP contribution in [0.1, 0.15) is 68.2 Å². The zero-order valence-electron chi connectivity index (χ0n) is 27.8. The monoisotopic (exact) mass is 623 g/mol. The molecule has 4 aliphatic rings. The standard InChI is InChI=1S/C37H49N7O2/c1-26-9-6-10-27-11-7-14-33(35(26)27)44-22-18-30-32(23-44)40-37(46-24-29-12-8-19-42(29)2)41-36(30)43-20-16-28(17-21-43)38-25-39-31-13-4-5-15-34(31)45-3/h6-7,9-11,14,28-29,31,34H,4-5,8,12-13,15-24H2,1-3H3/t29-,31+,34+/m0/s1. The number of piperidine rings is 1. The molecule has 3 atom stereocenters. The number of fused-ring (bicyclic) bond motifs is 2. The van der Waals surface area contributed by atoms with E-state index in [2.05, 4.69) is 71.1 Å². The second-order valence-corrected chi connectivity index (χ2v) is 13.7. The predicted molar refractivity (Wildman–Crippen MR) is 185 cm³/mol. The van der Waals surface area contributed by atoms with Crippen LogP contribution >= 0.6 is 0 Å². The first kappa shape index (κ1) is 31.1. The van der Waals surface area contributed by atoms with E-state index in [4.69, 9.17) is 29.4 Å². The Morgan fingerprint density at radius 3 is 2.52 bits per heavy atom. The van der Waals surface area contributed by atoms with Crippen LogP contribution < -0.4 is 14.5 Å². The van der Waals surface area contributed by atoms with Crippen molar-refractivity contribution >= 4 is 28.3 Å². The van der Waals surface area contributed by atoms with E-state index in [1.807, 2.05) is 0 Å². The van der Waals surface area contributed by atoms with E-state index in [-0.39, 0.29) is 18.2 Å². The van der Waals surface area contributed by atoms with Crippen molar-refractivity contribution in [2.75, 3.05) is 56.7 Å². The van der Waals surface area contributed by atoms with Crippen molar-refractivity contribution < 1.29 is 9.47 Å². The van der Waals surface area contributed by atoms with Crippen molar-refractivity contribution in [2.45, 2.75) is 95.5 Å². The quantitative estimate of drug-likeness (QED) is 0.282. The lowest BCUT2D eigenvalue weighted by molar-refractivity contribution is 0.0555. The fourth-order valence-corrected chi connectivity index (χ4v) is 7.95. The normalized spacial score (nSPS) is 24.1. The van der Waals surface area contributed by atoms with Crippen LogP contribution in [0.15, 0.2) is 46.4 Å². The molecule has 0 N–H and O–H groups in total. The Bertz CT molecular complexity index is 1570. The third-order valence-corrected chi connectivity index (χ3v) is 10.7. The van der Waals surface area contributed by atoms with Gasteiger partial charge in [0.05, 0.1) is 36.4 Å². The Morgan fingerprint density at radius 1 is 0.891 bits per heavy atom. The fourth-order valence-electron chi connectivity index (χ4n) is 7.95. The lowest BCUT2D eigenvalue weighted by Gasteiger charge is -2.36. The summed E-state index contributed by atoms with van der Waals surface area (Å²) in [6, 6.07) is 17.6. The number of hydrogen-bond donors (Lipinski definition) is 0. The van der Waals surface area contributed by atoms with Crippen LogP contribution in [0.25, 0.3) is 10.8 Å². The van der Waals surface area contributed by atoms with Gasteiger partial charge in [-0.05, 0) is 82.5 Å². The molecule has 9 nitrogen and oxygen atoms in total. The fraction of sp³-hybridized carbons (Fsp3) is 0.595. The maximum Gasteiger partial charge on any atom is 0.318 e. The number of rotatable bonds is 8. The van der Waals surface area contributed by atoms with E-state index in [1.54, 1.807) is 7.11 Å². The van der Waals surface area contributed by atoms with Gasteiger partial charge in [-0.2, -0.15) is 9.97 Å². The number of likely N-dealkylation sites (N-methyl/N-ethyl adjacent to an activating group) is 1. The van der Waals surface area contributed by atoms with E-state index in [1.165, 1.54) is 46.8 Å². The molecule has 9 heteroatoms. The molecule has 3 aliphatic heterocycles. The molecule has 0 amide bonds. The van der Waals surface area contributed by atoms with Gasteiger partial charge in [0.15, 0.2) is 0 Å². The molecule has 1 aromatic heterocycles. The second-order valence-electron chi connectivity index (χ2n) is 13.7. The molecule has 7 rings (SSSR count). The van der Waals surface area contributed by atoms with E-state index >= 15 is 0 Å². The van der Waals surface area contributed by atoms with Gasteiger partial charge in [-0.25, -0.2) is 9.98 Å². The van der Waals surface area contributed by atoms with Crippen molar-refractivity contribution in [3.05, 3.63) is 53.2 Å². The van der Waals surface area contributed by atoms with Gasteiger partial charge in [0.1, 0.15) is 12.4 Å². The van der Waals surface area contributed by atoms with Crippen molar-refractivity contribution in [1.82, 2.24) is 14.9 Å². The molecule has 1 saturated carbocycles. The van der Waals surface area contributed by atoms with Crippen LogP contribution in [-0.4, -0.2) is 92.0 Å². The summed E-state index contributed by atoms with van der Waals surface area (Å²) in [6.45, 7) is 7.45. The predicted octanol–water partition coefficient (Wildman–Crippen LogP) is 6.07. The first-order valence-electron chi connectivity index (χ1n) is 17.5. The number of methoxy groups -OCH3 is 1. The lowest BCUT2D eigenvalue weighted by atomic mass is 9.93. The van der Waals surface area contributed by atoms with Gasteiger partial charge in [-0.1, -0.05) is 43.2 Å². The number of anilines is 2. The zero-order chi connectivity index (χ0) is 31.5. The molecule has 2 aromatic carbocycles. The molecule has 46 heavy (non-hydrogen) atoms. The van der Waals surface area contributed by atoms with Crippen LogP contribution in [0.3, 0.4) is 0 Å². The zero-order valence-corrected chi connectivity index (χ0v) is 27.8. The van der Waals surface area contributed by atoms with Gasteiger partial charge < -0.3 is 24.2 Å². The Labute approximate surface area is 273 Å². The van der Waals surface area contributed by atoms with Crippen LogP contribution in [-0.2, 0) is 17.7 Å². The first-order valence-corrected chi connectivity index (χ1v) is 17.5. The maximum atomic E-state index is 6.38. The molecule has 4 heterocycles. The van der Waals surface area contributed by atoms with Gasteiger partial charge in [-0.3, -0.25) is 0 Å². The summed E-state index contributed by atoms with van der Waals surface area (Å²) in [6.07, 6.45) is 9.99. The molecule has 0 bridgehead atoms. The van der Waals surface area contributed by atoms with E-state index in [0.29, 0.717) is 18.7 Å². The van der Waals surface area contributed by atoms with E-state index in [0.717, 1.165) is 82.8 Å². The van der Waals surface area contributed by atoms with E-state index in [9.17, 15) is 0 Å². The number of nitrogens with zero attached hydrogens (tertiary/aromatic N) is 7. The molecule has 2 saturated heterocycles. The number of ether oxygens (including phenoxy) is 2. The minimum Gasteiger partial charge on any atom is -0.462 e. The molecule has 0 spiro atoms. The molecule has 0 unspecified atom stereocenters. The van der Waals surface area contributed by atoms with Crippen molar-refractivity contribution in [2.24, 2.45) is 9.98 Å². The topological polar surface area (TPSA) is 78.7 Å². The lowest BCUT2D eigenvalue weighted by Crippen LogP contribution is -2.39.